The number of aromatic amines is 1. The average molecular weight is 373 g/mol. The zero-order valence-electron chi connectivity index (χ0n) is 15.4. The van der Waals surface area contributed by atoms with Gasteiger partial charge in [-0.3, -0.25) is 0 Å². The topological polar surface area (TPSA) is 50.8 Å². The Balaban J connectivity index is 1.47. The van der Waals surface area contributed by atoms with Gasteiger partial charge in [-0.25, -0.2) is 14.4 Å². The Labute approximate surface area is 162 Å². The van der Waals surface area contributed by atoms with Crippen molar-refractivity contribution in [1.29, 1.82) is 0 Å². The molecule has 2 aromatic carbocycles. The second kappa shape index (κ2) is 7.08. The molecule has 1 saturated carbocycles. The van der Waals surface area contributed by atoms with Crippen LogP contribution in [0.4, 0.5) is 4.39 Å². The van der Waals surface area contributed by atoms with E-state index in [0.29, 0.717) is 28.4 Å². The maximum atomic E-state index is 14.1. The molecule has 5 heteroatoms. The van der Waals surface area contributed by atoms with E-state index in [1.54, 1.807) is 18.3 Å². The van der Waals surface area contributed by atoms with Gasteiger partial charge in [0.1, 0.15) is 22.9 Å². The molecule has 0 radical (unpaired) electrons. The lowest BCUT2D eigenvalue weighted by Crippen LogP contribution is -2.10. The molecule has 0 unspecified atom stereocenters. The van der Waals surface area contributed by atoms with Crippen LogP contribution in [0, 0.1) is 5.82 Å². The highest BCUT2D eigenvalue weighted by Gasteiger charge is 2.17. The Morgan fingerprint density at radius 3 is 2.68 bits per heavy atom. The van der Waals surface area contributed by atoms with Crippen LogP contribution in [0.5, 0.6) is 5.75 Å². The highest BCUT2D eigenvalue weighted by Crippen LogP contribution is 2.29. The molecule has 0 bridgehead atoms. The van der Waals surface area contributed by atoms with Gasteiger partial charge in [-0.2, -0.15) is 0 Å². The van der Waals surface area contributed by atoms with Crippen molar-refractivity contribution in [2.24, 2.45) is 0 Å². The molecule has 4 nitrogen and oxygen atoms in total. The molecule has 1 N–H and O–H groups in total. The molecule has 28 heavy (non-hydrogen) atoms. The molecule has 0 spiro atoms. The number of pyridine rings is 1. The molecule has 140 valence electrons. The van der Waals surface area contributed by atoms with Crippen molar-refractivity contribution in [2.75, 3.05) is 0 Å². The number of hydrogen-bond donors (Lipinski definition) is 1. The summed E-state index contributed by atoms with van der Waals surface area (Å²) in [6, 6.07) is 16.5. The second-order valence-electron chi connectivity index (χ2n) is 7.21. The first-order valence-electron chi connectivity index (χ1n) is 9.64. The number of halogens is 1. The highest BCUT2D eigenvalue weighted by atomic mass is 19.1. The number of imidazole rings is 1. The van der Waals surface area contributed by atoms with Crippen LogP contribution in [0.15, 0.2) is 60.8 Å². The van der Waals surface area contributed by atoms with E-state index in [1.807, 2.05) is 36.4 Å². The standard InChI is InChI=1S/C23H20FN3O/c24-20-11-4-3-10-19(20)16-13-21-23(25-14-16)27-22(26-21)15-6-5-9-18(12-15)28-17-7-1-2-8-17/h3-6,9-14,17H,1-2,7-8H2,(H,25,26,27). The summed E-state index contributed by atoms with van der Waals surface area (Å²) in [5, 5.41) is 0. The fraction of sp³-hybridized carbons (Fsp3) is 0.217. The summed E-state index contributed by atoms with van der Waals surface area (Å²) < 4.78 is 20.2. The van der Waals surface area contributed by atoms with Gasteiger partial charge in [0.2, 0.25) is 0 Å². The number of ether oxygens (including phenoxy) is 1. The molecule has 1 aliphatic rings. The number of hydrogen-bond acceptors (Lipinski definition) is 3. The Morgan fingerprint density at radius 2 is 1.82 bits per heavy atom. The second-order valence-corrected chi connectivity index (χ2v) is 7.21. The van der Waals surface area contributed by atoms with Gasteiger partial charge in [0, 0.05) is 22.9 Å². The van der Waals surface area contributed by atoms with Gasteiger partial charge in [-0.15, -0.1) is 0 Å². The third-order valence-electron chi connectivity index (χ3n) is 5.23. The van der Waals surface area contributed by atoms with Crippen molar-refractivity contribution in [2.45, 2.75) is 31.8 Å². The van der Waals surface area contributed by atoms with Crippen LogP contribution in [0.2, 0.25) is 0 Å². The van der Waals surface area contributed by atoms with Crippen molar-refractivity contribution < 1.29 is 9.13 Å². The number of aromatic nitrogens is 3. The van der Waals surface area contributed by atoms with E-state index >= 15 is 0 Å². The third-order valence-corrected chi connectivity index (χ3v) is 5.23. The minimum atomic E-state index is -0.267. The smallest absolute Gasteiger partial charge is 0.157 e. The van der Waals surface area contributed by atoms with Gasteiger partial charge >= 0.3 is 0 Å². The van der Waals surface area contributed by atoms with Crippen molar-refractivity contribution in [3.05, 3.63) is 66.6 Å². The fourth-order valence-corrected chi connectivity index (χ4v) is 3.79. The lowest BCUT2D eigenvalue weighted by atomic mass is 10.1. The van der Waals surface area contributed by atoms with Gasteiger partial charge in [0.05, 0.1) is 6.10 Å². The van der Waals surface area contributed by atoms with Crippen LogP contribution in [-0.4, -0.2) is 21.1 Å². The van der Waals surface area contributed by atoms with Crippen LogP contribution in [0.3, 0.4) is 0 Å². The zero-order chi connectivity index (χ0) is 18.9. The van der Waals surface area contributed by atoms with E-state index in [2.05, 4.69) is 15.0 Å². The molecule has 0 saturated heterocycles. The van der Waals surface area contributed by atoms with Crippen molar-refractivity contribution in [3.8, 4) is 28.3 Å². The van der Waals surface area contributed by atoms with Gasteiger partial charge < -0.3 is 9.72 Å². The molecule has 0 atom stereocenters. The van der Waals surface area contributed by atoms with Crippen LogP contribution in [-0.2, 0) is 0 Å². The normalized spacial score (nSPS) is 14.6. The van der Waals surface area contributed by atoms with Gasteiger partial charge in [0.15, 0.2) is 5.65 Å². The predicted octanol–water partition coefficient (Wildman–Crippen LogP) is 5.75. The number of nitrogens with one attached hydrogen (secondary N) is 1. The van der Waals surface area contributed by atoms with Crippen LogP contribution >= 0.6 is 0 Å². The SMILES string of the molecule is Fc1ccccc1-c1cnc2[nH]c(-c3cccc(OC4CCCC4)c3)nc2c1. The first kappa shape index (κ1) is 16.9. The van der Waals surface area contributed by atoms with Crippen molar-refractivity contribution in [1.82, 2.24) is 15.0 Å². The zero-order valence-corrected chi connectivity index (χ0v) is 15.4. The molecule has 0 aliphatic heterocycles. The van der Waals surface area contributed by atoms with E-state index < -0.39 is 0 Å². The summed E-state index contributed by atoms with van der Waals surface area (Å²) >= 11 is 0. The Hall–Kier alpha value is -3.21. The van der Waals surface area contributed by atoms with E-state index in [1.165, 1.54) is 18.9 Å². The van der Waals surface area contributed by atoms with E-state index in [4.69, 9.17) is 4.74 Å². The molecule has 4 aromatic rings. The number of fused-ring (bicyclic) bond motifs is 1. The van der Waals surface area contributed by atoms with Gasteiger partial charge in [-0.05, 0) is 49.9 Å². The largest absolute Gasteiger partial charge is 0.490 e. The predicted molar refractivity (Wildman–Crippen MR) is 108 cm³/mol. The number of H-pyrrole nitrogens is 1. The lowest BCUT2D eigenvalue weighted by molar-refractivity contribution is 0.210. The summed E-state index contributed by atoms with van der Waals surface area (Å²) in [6.45, 7) is 0. The van der Waals surface area contributed by atoms with Crippen LogP contribution < -0.4 is 4.74 Å². The van der Waals surface area contributed by atoms with Crippen LogP contribution in [0.1, 0.15) is 25.7 Å². The van der Waals surface area contributed by atoms with E-state index in [0.717, 1.165) is 30.0 Å². The summed E-state index contributed by atoms with van der Waals surface area (Å²) in [7, 11) is 0. The monoisotopic (exact) mass is 373 g/mol. The average Bonchev–Trinajstić information content (AvgIpc) is 3.37. The summed E-state index contributed by atoms with van der Waals surface area (Å²) in [5.74, 6) is 1.33. The summed E-state index contributed by atoms with van der Waals surface area (Å²) in [4.78, 5) is 12.4. The molecular weight excluding hydrogens is 353 g/mol. The van der Waals surface area contributed by atoms with E-state index in [-0.39, 0.29) is 5.82 Å². The molecular formula is C23H20FN3O. The highest BCUT2D eigenvalue weighted by molar-refractivity contribution is 5.81. The molecule has 1 aliphatic carbocycles. The van der Waals surface area contributed by atoms with E-state index in [9.17, 15) is 4.39 Å². The summed E-state index contributed by atoms with van der Waals surface area (Å²) in [6.07, 6.45) is 6.71. The molecule has 2 heterocycles. The Kier molecular flexibility index (Phi) is 4.28. The van der Waals surface area contributed by atoms with Gasteiger partial charge in [0.25, 0.3) is 0 Å². The maximum Gasteiger partial charge on any atom is 0.157 e. The minimum absolute atomic E-state index is 0.267. The van der Waals surface area contributed by atoms with Crippen molar-refractivity contribution in [3.63, 3.8) is 0 Å². The molecule has 1 fully saturated rings. The number of nitrogens with zero attached hydrogens (tertiary/aromatic N) is 2. The van der Waals surface area contributed by atoms with Crippen molar-refractivity contribution >= 4 is 11.2 Å². The first-order chi connectivity index (χ1) is 13.8. The molecule has 0 amide bonds. The number of rotatable bonds is 4. The van der Waals surface area contributed by atoms with Gasteiger partial charge in [-0.1, -0.05) is 30.3 Å². The Morgan fingerprint density at radius 1 is 0.964 bits per heavy atom. The number of benzene rings is 2. The Bertz CT molecular complexity index is 1130. The first-order valence-corrected chi connectivity index (χ1v) is 9.64. The quantitative estimate of drug-likeness (QED) is 0.495. The maximum absolute atomic E-state index is 14.1. The molecule has 2 aromatic heterocycles. The third kappa shape index (κ3) is 3.24. The molecule has 5 rings (SSSR count). The minimum Gasteiger partial charge on any atom is -0.490 e. The summed E-state index contributed by atoms with van der Waals surface area (Å²) in [5.41, 5.74) is 3.56. The van der Waals surface area contributed by atoms with Crippen LogP contribution in [0.25, 0.3) is 33.7 Å². The fourth-order valence-electron chi connectivity index (χ4n) is 3.79. The lowest BCUT2D eigenvalue weighted by Gasteiger charge is -2.13.